The zero-order valence-corrected chi connectivity index (χ0v) is 16.4. The molecule has 1 aromatic heterocycles. The monoisotopic (exact) mass is 371 g/mol. The summed E-state index contributed by atoms with van der Waals surface area (Å²) in [5, 5.41) is 10.3. The smallest absolute Gasteiger partial charge is 0.272 e. The van der Waals surface area contributed by atoms with Crippen LogP contribution in [0.4, 0.5) is 0 Å². The summed E-state index contributed by atoms with van der Waals surface area (Å²) in [6.45, 7) is 4.76. The fraction of sp³-hybridized carbons (Fsp3) is 0.524. The van der Waals surface area contributed by atoms with Crippen LogP contribution in [0.2, 0.25) is 0 Å². The van der Waals surface area contributed by atoms with E-state index in [0.717, 1.165) is 61.1 Å². The number of aromatic amines is 1. The van der Waals surface area contributed by atoms with Crippen molar-refractivity contribution in [3.8, 4) is 11.5 Å². The molecule has 1 unspecified atom stereocenters. The van der Waals surface area contributed by atoms with Gasteiger partial charge in [0.25, 0.3) is 5.91 Å². The van der Waals surface area contributed by atoms with Crippen LogP contribution in [0.3, 0.4) is 0 Å². The number of benzene rings is 1. The second kappa shape index (κ2) is 8.93. The number of hydrogen-bond donors (Lipinski definition) is 2. The van der Waals surface area contributed by atoms with Crippen molar-refractivity contribution in [2.75, 3.05) is 13.7 Å². The van der Waals surface area contributed by atoms with Gasteiger partial charge in [-0.05, 0) is 56.7 Å². The molecule has 1 amide bonds. The van der Waals surface area contributed by atoms with Gasteiger partial charge in [0.2, 0.25) is 0 Å². The fourth-order valence-electron chi connectivity index (χ4n) is 3.42. The number of aryl methyl sites for hydroxylation is 1. The maximum atomic E-state index is 12.7. The van der Waals surface area contributed by atoms with E-state index in [1.54, 1.807) is 7.11 Å². The van der Waals surface area contributed by atoms with Gasteiger partial charge in [0.05, 0.1) is 19.8 Å². The zero-order chi connectivity index (χ0) is 19.2. The molecule has 1 aliphatic rings. The first-order valence-corrected chi connectivity index (χ1v) is 9.81. The van der Waals surface area contributed by atoms with Crippen LogP contribution in [0.1, 0.15) is 72.9 Å². The third kappa shape index (κ3) is 4.43. The van der Waals surface area contributed by atoms with Crippen molar-refractivity contribution in [2.24, 2.45) is 0 Å². The first-order chi connectivity index (χ1) is 13.1. The number of nitrogens with one attached hydrogen (secondary N) is 2. The molecule has 2 N–H and O–H groups in total. The van der Waals surface area contributed by atoms with E-state index in [0.29, 0.717) is 18.1 Å². The number of fused-ring (bicyclic) bond motifs is 1. The highest BCUT2D eigenvalue weighted by molar-refractivity contribution is 5.94. The van der Waals surface area contributed by atoms with Crippen LogP contribution in [0.25, 0.3) is 0 Å². The minimum absolute atomic E-state index is 0.135. The number of unbranched alkanes of at least 4 members (excludes halogenated alkanes) is 1. The van der Waals surface area contributed by atoms with Crippen molar-refractivity contribution in [1.82, 2.24) is 15.5 Å². The summed E-state index contributed by atoms with van der Waals surface area (Å²) in [5.41, 5.74) is 3.67. The number of ether oxygens (including phenoxy) is 2. The van der Waals surface area contributed by atoms with Crippen molar-refractivity contribution in [1.29, 1.82) is 0 Å². The number of H-pyrrole nitrogens is 1. The standard InChI is InChI=1S/C21H29N3O3/c1-4-5-12-27-18-11-10-15(13-19(18)26-3)14(2)22-21(25)20-16-8-6-7-9-17(16)23-24-20/h10-11,13-14H,4-9,12H2,1-3H3,(H,22,25)(H,23,24). The first kappa shape index (κ1) is 19.3. The molecule has 1 atom stereocenters. The molecule has 0 aliphatic heterocycles. The molecule has 0 bridgehead atoms. The molecule has 0 saturated heterocycles. The number of nitrogens with zero attached hydrogens (tertiary/aromatic N) is 1. The Morgan fingerprint density at radius 2 is 2.11 bits per heavy atom. The van der Waals surface area contributed by atoms with Gasteiger partial charge in [-0.1, -0.05) is 19.4 Å². The van der Waals surface area contributed by atoms with Gasteiger partial charge in [0, 0.05) is 11.3 Å². The zero-order valence-electron chi connectivity index (χ0n) is 16.4. The molecule has 1 aromatic carbocycles. The third-order valence-electron chi connectivity index (χ3n) is 5.06. The molecule has 27 heavy (non-hydrogen) atoms. The van der Waals surface area contributed by atoms with Crippen LogP contribution in [-0.2, 0) is 12.8 Å². The number of methoxy groups -OCH3 is 1. The van der Waals surface area contributed by atoms with E-state index >= 15 is 0 Å². The number of aromatic nitrogens is 2. The highest BCUT2D eigenvalue weighted by Crippen LogP contribution is 2.31. The molecular weight excluding hydrogens is 342 g/mol. The lowest BCUT2D eigenvalue weighted by Gasteiger charge is -2.17. The summed E-state index contributed by atoms with van der Waals surface area (Å²) in [6, 6.07) is 5.64. The van der Waals surface area contributed by atoms with E-state index in [1.165, 1.54) is 0 Å². The van der Waals surface area contributed by atoms with Gasteiger partial charge in [-0.25, -0.2) is 0 Å². The average Bonchev–Trinajstić information content (AvgIpc) is 3.12. The predicted octanol–water partition coefficient (Wildman–Crippen LogP) is 3.97. The van der Waals surface area contributed by atoms with Crippen LogP contribution in [0, 0.1) is 0 Å². The normalized spacial score (nSPS) is 14.3. The summed E-state index contributed by atoms with van der Waals surface area (Å²) in [7, 11) is 1.63. The fourth-order valence-corrected chi connectivity index (χ4v) is 3.42. The molecule has 1 aliphatic carbocycles. The number of carbonyl (C=O) groups is 1. The molecule has 6 nitrogen and oxygen atoms in total. The summed E-state index contributed by atoms with van der Waals surface area (Å²) in [4.78, 5) is 12.7. The van der Waals surface area contributed by atoms with Crippen molar-refractivity contribution >= 4 is 5.91 Å². The number of amides is 1. The Hall–Kier alpha value is -2.50. The molecule has 0 radical (unpaired) electrons. The van der Waals surface area contributed by atoms with E-state index in [4.69, 9.17) is 9.47 Å². The molecule has 1 heterocycles. The van der Waals surface area contributed by atoms with Crippen molar-refractivity contribution in [3.05, 3.63) is 40.7 Å². The first-order valence-electron chi connectivity index (χ1n) is 9.81. The maximum Gasteiger partial charge on any atom is 0.272 e. The van der Waals surface area contributed by atoms with Crippen molar-refractivity contribution < 1.29 is 14.3 Å². The van der Waals surface area contributed by atoms with Crippen LogP contribution >= 0.6 is 0 Å². The Balaban J connectivity index is 1.69. The van der Waals surface area contributed by atoms with E-state index in [-0.39, 0.29) is 11.9 Å². The summed E-state index contributed by atoms with van der Waals surface area (Å²) in [5.74, 6) is 1.28. The summed E-state index contributed by atoms with van der Waals surface area (Å²) < 4.78 is 11.2. The molecule has 3 rings (SSSR count). The van der Waals surface area contributed by atoms with E-state index in [2.05, 4.69) is 22.4 Å². The van der Waals surface area contributed by atoms with Crippen molar-refractivity contribution in [2.45, 2.75) is 58.4 Å². The molecule has 146 valence electrons. The highest BCUT2D eigenvalue weighted by atomic mass is 16.5. The van der Waals surface area contributed by atoms with Crippen LogP contribution < -0.4 is 14.8 Å². The largest absolute Gasteiger partial charge is 0.493 e. The van der Waals surface area contributed by atoms with E-state index in [9.17, 15) is 4.79 Å². The van der Waals surface area contributed by atoms with Gasteiger partial charge in [-0.15, -0.1) is 0 Å². The van der Waals surface area contributed by atoms with Gasteiger partial charge in [0.1, 0.15) is 0 Å². The molecular formula is C21H29N3O3. The van der Waals surface area contributed by atoms with Crippen molar-refractivity contribution in [3.63, 3.8) is 0 Å². The van der Waals surface area contributed by atoms with Gasteiger partial charge >= 0.3 is 0 Å². The topological polar surface area (TPSA) is 76.2 Å². The maximum absolute atomic E-state index is 12.7. The van der Waals surface area contributed by atoms with Gasteiger partial charge in [0.15, 0.2) is 17.2 Å². The van der Waals surface area contributed by atoms with Crippen LogP contribution in [0.5, 0.6) is 11.5 Å². The lowest BCUT2D eigenvalue weighted by atomic mass is 9.95. The minimum atomic E-state index is -0.160. The van der Waals surface area contributed by atoms with Gasteiger partial charge in [-0.3, -0.25) is 9.89 Å². The van der Waals surface area contributed by atoms with Crippen LogP contribution in [0.15, 0.2) is 18.2 Å². The second-order valence-electron chi connectivity index (χ2n) is 7.04. The Labute approximate surface area is 160 Å². The quantitative estimate of drug-likeness (QED) is 0.689. The summed E-state index contributed by atoms with van der Waals surface area (Å²) >= 11 is 0. The Morgan fingerprint density at radius 3 is 2.89 bits per heavy atom. The molecule has 0 saturated carbocycles. The lowest BCUT2D eigenvalue weighted by molar-refractivity contribution is 0.0933. The highest BCUT2D eigenvalue weighted by Gasteiger charge is 2.23. The Kier molecular flexibility index (Phi) is 6.37. The second-order valence-corrected chi connectivity index (χ2v) is 7.04. The van der Waals surface area contributed by atoms with Crippen LogP contribution in [-0.4, -0.2) is 29.8 Å². The molecule has 2 aromatic rings. The molecule has 0 spiro atoms. The predicted molar refractivity (Wildman–Crippen MR) is 105 cm³/mol. The minimum Gasteiger partial charge on any atom is -0.493 e. The number of rotatable bonds is 8. The Bertz CT molecular complexity index is 785. The van der Waals surface area contributed by atoms with Gasteiger partial charge in [-0.2, -0.15) is 5.10 Å². The number of carbonyl (C=O) groups excluding carboxylic acids is 1. The summed E-state index contributed by atoms with van der Waals surface area (Å²) in [6.07, 6.45) is 6.24. The van der Waals surface area contributed by atoms with E-state index < -0.39 is 0 Å². The SMILES string of the molecule is CCCCOc1ccc(C(C)NC(=O)c2n[nH]c3c2CCCC3)cc1OC. The molecule has 6 heteroatoms. The average molecular weight is 371 g/mol. The third-order valence-corrected chi connectivity index (χ3v) is 5.06. The lowest BCUT2D eigenvalue weighted by Crippen LogP contribution is -2.28. The van der Waals surface area contributed by atoms with Gasteiger partial charge < -0.3 is 14.8 Å². The van der Waals surface area contributed by atoms with E-state index in [1.807, 2.05) is 25.1 Å². The number of hydrogen-bond acceptors (Lipinski definition) is 4. The molecule has 0 fully saturated rings. The Morgan fingerprint density at radius 1 is 1.30 bits per heavy atom.